The van der Waals surface area contributed by atoms with Gasteiger partial charge in [-0.05, 0) is 21.7 Å². The van der Waals surface area contributed by atoms with E-state index in [2.05, 4.69) is 0 Å². The van der Waals surface area contributed by atoms with E-state index in [1.165, 1.54) is 0 Å². The fraction of sp³-hybridized carbons (Fsp3) is 0.357. The first-order valence-electron chi connectivity index (χ1n) is 25.4. The molecule has 4 aromatic carbocycles. The quantitative estimate of drug-likeness (QED) is 0.0685. The van der Waals surface area contributed by atoms with E-state index in [-0.39, 0.29) is 164 Å². The summed E-state index contributed by atoms with van der Waals surface area (Å²) in [6.07, 6.45) is 0. The Morgan fingerprint density at radius 3 is 0.383 bits per heavy atom. The number of hydrogen-bond acceptors (Lipinski definition) is 16. The summed E-state index contributed by atoms with van der Waals surface area (Å²) in [6.45, 7) is 18.7. The second-order valence-electron chi connectivity index (χ2n) is 24.3. The summed E-state index contributed by atoms with van der Waals surface area (Å²) in [6, 6.07) is -6.06. The van der Waals surface area contributed by atoms with Gasteiger partial charge in [0.05, 0.1) is 173 Å². The summed E-state index contributed by atoms with van der Waals surface area (Å²) in [5, 5.41) is 42.6. The van der Waals surface area contributed by atoms with Crippen LogP contribution in [0.25, 0.3) is 0 Å². The Kier molecular flexibility index (Phi) is 27.8. The van der Waals surface area contributed by atoms with Crippen LogP contribution in [0.2, 0.25) is 80.4 Å². The molecule has 8 rings (SSSR count). The molecule has 4 aromatic rings. The molecule has 2 radical (unpaired) electrons. The third kappa shape index (κ3) is 15.3. The number of halogens is 16. The molecule has 94 heavy (non-hydrogen) atoms. The van der Waals surface area contributed by atoms with Crippen LogP contribution in [-0.2, 0) is 58.1 Å². The van der Waals surface area contributed by atoms with Crippen molar-refractivity contribution in [1.82, 2.24) is 19.6 Å². The van der Waals surface area contributed by atoms with Crippen molar-refractivity contribution in [2.45, 2.75) is 107 Å². The van der Waals surface area contributed by atoms with E-state index in [4.69, 9.17) is 186 Å². The second-order valence-corrected chi connectivity index (χ2v) is 30.3. The predicted molar refractivity (Wildman–Crippen MR) is 341 cm³/mol. The molecular weight excluding hydrogens is 1760 g/mol. The van der Waals surface area contributed by atoms with Crippen molar-refractivity contribution in [3.63, 3.8) is 0 Å². The Morgan fingerprint density at radius 1 is 0.234 bits per heavy atom. The van der Waals surface area contributed by atoms with Crippen molar-refractivity contribution in [2.75, 3.05) is 0 Å². The minimum absolute atomic E-state index is 0. The number of hydrogen-bond donors (Lipinski definition) is 0. The summed E-state index contributed by atoms with van der Waals surface area (Å²) in [5.41, 5.74) is -5.96. The summed E-state index contributed by atoms with van der Waals surface area (Å²) in [4.78, 5) is 149. The van der Waals surface area contributed by atoms with Gasteiger partial charge < -0.3 is 39.6 Å². The van der Waals surface area contributed by atoms with Crippen LogP contribution >= 0.6 is 186 Å². The van der Waals surface area contributed by atoms with E-state index in [1.807, 2.05) is 0 Å². The number of carbonyl (C=O) groups excluding carboxylic acids is 12. The molecule has 4 aliphatic rings. The molecule has 38 heteroatoms. The Hall–Kier alpha value is -2.79. The molecule has 4 atom stereocenters. The van der Waals surface area contributed by atoms with E-state index >= 15 is 0 Å². The normalized spacial score (nSPS) is 15.5. The number of imide groups is 4. The monoisotopic (exact) mass is 1790 g/mol. The average Bonchev–Trinajstić information content (AvgIpc) is 1.61. The summed E-state index contributed by atoms with van der Waals surface area (Å²) in [5.74, 6) is -13.5. The molecule has 4 aliphatic heterocycles. The maximum absolute atomic E-state index is 12.6. The largest absolute Gasteiger partial charge is 2.00 e. The Morgan fingerprint density at radius 2 is 0.319 bits per heavy atom. The minimum Gasteiger partial charge on any atom is -0.548 e. The van der Waals surface area contributed by atoms with E-state index in [0.717, 1.165) is 0 Å². The van der Waals surface area contributed by atoms with Gasteiger partial charge in [-0.2, -0.15) is 0 Å². The van der Waals surface area contributed by atoms with E-state index in [1.54, 1.807) is 83.1 Å². The topological polar surface area (TPSA) is 310 Å². The number of fused-ring (bicyclic) bond motifs is 4. The smallest absolute Gasteiger partial charge is 0.548 e. The maximum atomic E-state index is 12.6. The van der Waals surface area contributed by atoms with Crippen molar-refractivity contribution in [1.29, 1.82) is 0 Å². The Labute approximate surface area is 640 Å². The molecule has 0 fully saturated rings. The first-order valence-corrected chi connectivity index (χ1v) is 31.5. The van der Waals surface area contributed by atoms with Gasteiger partial charge in [0.1, 0.15) is 0 Å². The van der Waals surface area contributed by atoms with Crippen LogP contribution in [0.3, 0.4) is 0 Å². The van der Waals surface area contributed by atoms with Crippen LogP contribution in [0, 0.1) is 21.7 Å². The number of nitrogens with zero attached hydrogens (tertiary/aromatic N) is 4. The van der Waals surface area contributed by atoms with Crippen LogP contribution < -0.4 is 20.4 Å². The van der Waals surface area contributed by atoms with Gasteiger partial charge in [-0.15, -0.1) is 0 Å². The summed E-state index contributed by atoms with van der Waals surface area (Å²) in [7, 11) is 0. The first-order chi connectivity index (χ1) is 41.6. The first kappa shape index (κ1) is 85.4. The van der Waals surface area contributed by atoms with Crippen molar-refractivity contribution in [3.05, 3.63) is 125 Å². The molecule has 20 nitrogen and oxygen atoms in total. The van der Waals surface area contributed by atoms with Crippen molar-refractivity contribution in [3.8, 4) is 0 Å². The number of benzene rings is 4. The SMILES string of the molecule is CC(C)(C)[C@@H](C(=O)[O-])N1C(=O)c2c(Cl)c(Cl)c(Cl)c(Cl)c2C1=O.CC(C)(C)[C@@H](C(=O)[O-])N1C(=O)c2c(Cl)c(Cl)c(Cl)c(Cl)c2C1=O.CC(C)(C)[C@@H](C(=O)[O-])N1C(=O)c2c(Cl)c(Cl)c(Cl)c(Cl)c2C1=O.CC(C)(C)[C@@H](C(=O)[O-])N1C(=O)c2c(Cl)c(Cl)c(Cl)c(Cl)c2C1=O.[Rh+2].[Rh+2]. The van der Waals surface area contributed by atoms with E-state index < -0.39 is 117 Å². The van der Waals surface area contributed by atoms with Gasteiger partial charge in [0.2, 0.25) is 0 Å². The van der Waals surface area contributed by atoms with Gasteiger partial charge in [-0.25, -0.2) is 0 Å². The number of carboxylic acid groups (broad SMARTS) is 4. The molecule has 510 valence electrons. The number of amides is 8. The van der Waals surface area contributed by atoms with Gasteiger partial charge in [0.15, 0.2) is 0 Å². The average molecular weight is 1800 g/mol. The molecule has 0 aromatic heterocycles. The zero-order valence-corrected chi connectivity index (χ0v) is 64.7. The fourth-order valence-electron chi connectivity index (χ4n) is 9.79. The third-order valence-electron chi connectivity index (χ3n) is 13.7. The van der Waals surface area contributed by atoms with Crippen molar-refractivity contribution >= 4 is 257 Å². The van der Waals surface area contributed by atoms with Crippen LogP contribution in [0.4, 0.5) is 0 Å². The van der Waals surface area contributed by atoms with Crippen molar-refractivity contribution < 1.29 is 117 Å². The van der Waals surface area contributed by atoms with Gasteiger partial charge in [0.25, 0.3) is 47.3 Å². The van der Waals surface area contributed by atoms with Gasteiger partial charge in [0, 0.05) is 0 Å². The third-order valence-corrected chi connectivity index (χ3v) is 20.9. The maximum Gasteiger partial charge on any atom is 2.00 e. The van der Waals surface area contributed by atoms with Gasteiger partial charge >= 0.3 is 39.0 Å². The molecule has 0 bridgehead atoms. The minimum atomic E-state index is -1.57. The number of rotatable bonds is 8. The van der Waals surface area contributed by atoms with Crippen LogP contribution in [0.15, 0.2) is 0 Å². The number of carbonyl (C=O) groups is 12. The molecule has 0 saturated heterocycles. The number of carboxylic acids is 4. The molecule has 8 amide bonds. The molecule has 0 aliphatic carbocycles. The predicted octanol–water partition coefficient (Wildman–Crippen LogP) is 12.2. The van der Waals surface area contributed by atoms with Crippen LogP contribution in [-0.4, -0.2) is 115 Å². The molecule has 0 saturated carbocycles. The Bertz CT molecular complexity index is 3350. The van der Waals surface area contributed by atoms with Crippen molar-refractivity contribution in [2.24, 2.45) is 21.7 Å². The summed E-state index contributed by atoms with van der Waals surface area (Å²) < 4.78 is 0. The zero-order valence-electron chi connectivity index (χ0n) is 49.3. The molecule has 0 spiro atoms. The zero-order chi connectivity index (χ0) is 71.4. The van der Waals surface area contributed by atoms with Gasteiger partial charge in [-0.1, -0.05) is 269 Å². The molecule has 0 unspecified atom stereocenters. The van der Waals surface area contributed by atoms with Crippen LogP contribution in [0.1, 0.15) is 166 Å². The standard InChI is InChI=1S/4C14H11Cl4NO4.2Rh/c4*1-14(2,3)10(13(22)23)19-11(20)4-5(12(19)21)7(16)9(18)8(17)6(4)15;;/h4*10H,1-3H3,(H,22,23);;/q;;;;2*+2/p-4/t4*10-;;/m1111../s1. The Balaban J connectivity index is 0.000000325. The summed E-state index contributed by atoms with van der Waals surface area (Å²) >= 11 is 95.2. The second kappa shape index (κ2) is 30.6. The van der Waals surface area contributed by atoms with E-state index in [0.29, 0.717) is 19.6 Å². The molecule has 0 N–H and O–H groups in total. The molecular formula is C56H40Cl16N4O16Rh2. The van der Waals surface area contributed by atoms with Crippen LogP contribution in [0.5, 0.6) is 0 Å². The number of aliphatic carboxylic acids is 4. The van der Waals surface area contributed by atoms with Gasteiger partial charge in [-0.3, -0.25) is 58.0 Å². The van der Waals surface area contributed by atoms with E-state index in [9.17, 15) is 78.0 Å². The molecule has 4 heterocycles. The fourth-order valence-corrected chi connectivity index (χ4v) is 13.8.